The van der Waals surface area contributed by atoms with Crippen LogP contribution in [0, 0.1) is 5.92 Å². The number of carbonyl (C=O) groups is 1. The van der Waals surface area contributed by atoms with Crippen molar-refractivity contribution in [3.8, 4) is 0 Å². The minimum atomic E-state index is -0.440. The average Bonchev–Trinajstić information content (AvgIpc) is 2.80. The molecule has 106 valence electrons. The van der Waals surface area contributed by atoms with Gasteiger partial charge in [0.25, 0.3) is 0 Å². The number of aromatic nitrogens is 2. The number of β-amino-alcohol motifs (C(OH)–C–C–N with tert-alkyl or cyclic N) is 1. The normalized spacial score (nSPS) is 23.4. The van der Waals surface area contributed by atoms with Crippen LogP contribution in [0.4, 0.5) is 9.93 Å². The summed E-state index contributed by atoms with van der Waals surface area (Å²) in [4.78, 5) is 13.7. The molecule has 1 aromatic rings. The molecule has 2 atom stereocenters. The van der Waals surface area contributed by atoms with E-state index in [9.17, 15) is 9.90 Å². The molecule has 1 aliphatic rings. The number of urea groups is 1. The highest BCUT2D eigenvalue weighted by Crippen LogP contribution is 2.20. The number of amides is 2. The van der Waals surface area contributed by atoms with Crippen molar-refractivity contribution in [2.75, 3.05) is 18.4 Å². The molecular weight excluding hydrogens is 264 g/mol. The maximum Gasteiger partial charge on any atom is 0.323 e. The number of nitrogens with zero attached hydrogens (tertiary/aromatic N) is 3. The van der Waals surface area contributed by atoms with E-state index in [1.165, 1.54) is 11.3 Å². The Hall–Kier alpha value is -1.21. The molecule has 1 saturated heterocycles. The Bertz CT molecular complexity index is 437. The molecular formula is C12H20N4O2S. The third kappa shape index (κ3) is 3.63. The molecule has 2 amide bonds. The van der Waals surface area contributed by atoms with Crippen LogP contribution in [-0.4, -0.2) is 45.4 Å². The lowest BCUT2D eigenvalue weighted by molar-refractivity contribution is 0.0463. The molecule has 1 aromatic heterocycles. The summed E-state index contributed by atoms with van der Waals surface area (Å²) in [5.74, 6) is 0.252. The fourth-order valence-electron chi connectivity index (χ4n) is 2.02. The zero-order valence-corrected chi connectivity index (χ0v) is 12.1. The van der Waals surface area contributed by atoms with Crippen LogP contribution in [0.5, 0.6) is 0 Å². The van der Waals surface area contributed by atoms with Crippen molar-refractivity contribution in [2.24, 2.45) is 5.92 Å². The number of hydrogen-bond acceptors (Lipinski definition) is 5. The van der Waals surface area contributed by atoms with Gasteiger partial charge in [0.2, 0.25) is 5.13 Å². The highest BCUT2D eigenvalue weighted by molar-refractivity contribution is 7.15. The molecule has 2 heterocycles. The van der Waals surface area contributed by atoms with Crippen molar-refractivity contribution in [2.45, 2.75) is 39.2 Å². The number of nitrogens with one attached hydrogen (secondary N) is 1. The molecule has 2 rings (SSSR count). The number of rotatable bonds is 3. The molecule has 0 spiro atoms. The molecule has 19 heavy (non-hydrogen) atoms. The first-order chi connectivity index (χ1) is 9.10. The number of aliphatic hydroxyl groups excluding tert-OH is 1. The van der Waals surface area contributed by atoms with E-state index in [1.807, 2.05) is 6.92 Å². The van der Waals surface area contributed by atoms with Gasteiger partial charge in [-0.05, 0) is 18.8 Å². The van der Waals surface area contributed by atoms with Gasteiger partial charge in [-0.3, -0.25) is 5.32 Å². The SMILES string of the molecule is CCCc1nnc(NC(=O)N2CCC(C)C(O)C2)s1. The van der Waals surface area contributed by atoms with Crippen molar-refractivity contribution < 1.29 is 9.90 Å². The van der Waals surface area contributed by atoms with Gasteiger partial charge in [0.05, 0.1) is 6.10 Å². The van der Waals surface area contributed by atoms with E-state index in [1.54, 1.807) is 4.90 Å². The summed E-state index contributed by atoms with van der Waals surface area (Å²) in [5, 5.41) is 22.0. The number of carbonyl (C=O) groups excluding carboxylic acids is 1. The van der Waals surface area contributed by atoms with Gasteiger partial charge in [-0.25, -0.2) is 4.79 Å². The zero-order chi connectivity index (χ0) is 13.8. The van der Waals surface area contributed by atoms with E-state index in [0.717, 1.165) is 24.3 Å². The average molecular weight is 284 g/mol. The predicted molar refractivity (Wildman–Crippen MR) is 74.3 cm³/mol. The Kier molecular flexibility index (Phi) is 4.71. The summed E-state index contributed by atoms with van der Waals surface area (Å²) in [5.41, 5.74) is 0. The zero-order valence-electron chi connectivity index (χ0n) is 11.3. The molecule has 1 fully saturated rings. The second-order valence-electron chi connectivity index (χ2n) is 4.96. The lowest BCUT2D eigenvalue weighted by atomic mass is 9.96. The molecule has 0 aliphatic carbocycles. The summed E-state index contributed by atoms with van der Waals surface area (Å²) in [6.45, 7) is 5.13. The monoisotopic (exact) mass is 284 g/mol. The van der Waals surface area contributed by atoms with E-state index in [0.29, 0.717) is 18.2 Å². The van der Waals surface area contributed by atoms with Gasteiger partial charge in [0.1, 0.15) is 5.01 Å². The van der Waals surface area contributed by atoms with Crippen LogP contribution in [0.25, 0.3) is 0 Å². The van der Waals surface area contributed by atoms with E-state index in [4.69, 9.17) is 0 Å². The van der Waals surface area contributed by atoms with E-state index in [-0.39, 0.29) is 11.9 Å². The van der Waals surface area contributed by atoms with Crippen LogP contribution in [0.1, 0.15) is 31.7 Å². The van der Waals surface area contributed by atoms with Gasteiger partial charge in [-0.2, -0.15) is 0 Å². The molecule has 0 saturated carbocycles. The largest absolute Gasteiger partial charge is 0.391 e. The number of anilines is 1. The first-order valence-corrected chi connectivity index (χ1v) is 7.48. The Morgan fingerprint density at radius 3 is 3.05 bits per heavy atom. The van der Waals surface area contributed by atoms with Crippen molar-refractivity contribution in [1.82, 2.24) is 15.1 Å². The Morgan fingerprint density at radius 2 is 2.37 bits per heavy atom. The minimum absolute atomic E-state index is 0.204. The van der Waals surface area contributed by atoms with Crippen LogP contribution in [-0.2, 0) is 6.42 Å². The Labute approximate surface area is 116 Å². The maximum atomic E-state index is 12.0. The van der Waals surface area contributed by atoms with Crippen molar-refractivity contribution in [1.29, 1.82) is 0 Å². The number of aryl methyl sites for hydroxylation is 1. The van der Waals surface area contributed by atoms with Gasteiger partial charge in [-0.15, -0.1) is 10.2 Å². The highest BCUT2D eigenvalue weighted by Gasteiger charge is 2.27. The smallest absolute Gasteiger partial charge is 0.323 e. The molecule has 0 bridgehead atoms. The third-order valence-electron chi connectivity index (χ3n) is 3.35. The number of hydrogen-bond donors (Lipinski definition) is 2. The maximum absolute atomic E-state index is 12.0. The summed E-state index contributed by atoms with van der Waals surface area (Å²) in [6, 6.07) is -0.204. The first kappa shape index (κ1) is 14.2. The lowest BCUT2D eigenvalue weighted by Gasteiger charge is -2.33. The second kappa shape index (κ2) is 6.29. The van der Waals surface area contributed by atoms with Gasteiger partial charge < -0.3 is 10.0 Å². The van der Waals surface area contributed by atoms with Gasteiger partial charge in [-0.1, -0.05) is 25.2 Å². The molecule has 2 N–H and O–H groups in total. The van der Waals surface area contributed by atoms with Crippen molar-refractivity contribution in [3.63, 3.8) is 0 Å². The van der Waals surface area contributed by atoms with Gasteiger partial charge >= 0.3 is 6.03 Å². The third-order valence-corrected chi connectivity index (χ3v) is 4.25. The van der Waals surface area contributed by atoms with Crippen molar-refractivity contribution in [3.05, 3.63) is 5.01 Å². The Balaban J connectivity index is 1.89. The number of aliphatic hydroxyl groups is 1. The van der Waals surface area contributed by atoms with Crippen LogP contribution < -0.4 is 5.32 Å². The van der Waals surface area contributed by atoms with E-state index < -0.39 is 6.10 Å². The summed E-state index contributed by atoms with van der Waals surface area (Å²) in [6.07, 6.45) is 2.28. The summed E-state index contributed by atoms with van der Waals surface area (Å²) in [7, 11) is 0. The van der Waals surface area contributed by atoms with Crippen LogP contribution >= 0.6 is 11.3 Å². The quantitative estimate of drug-likeness (QED) is 0.886. The highest BCUT2D eigenvalue weighted by atomic mass is 32.1. The fraction of sp³-hybridized carbons (Fsp3) is 0.750. The topological polar surface area (TPSA) is 78.4 Å². The molecule has 6 nitrogen and oxygen atoms in total. The molecule has 0 aromatic carbocycles. The predicted octanol–water partition coefficient (Wildman–Crippen LogP) is 1.73. The van der Waals surface area contributed by atoms with Gasteiger partial charge in [0, 0.05) is 19.5 Å². The summed E-state index contributed by atoms with van der Waals surface area (Å²) >= 11 is 1.41. The standard InChI is InChI=1S/C12H20N4O2S/c1-3-4-10-14-15-11(19-10)13-12(18)16-6-5-8(2)9(17)7-16/h8-9,17H,3-7H2,1-2H3,(H,13,15,18). The number of piperidine rings is 1. The molecule has 0 radical (unpaired) electrons. The van der Waals surface area contributed by atoms with Gasteiger partial charge in [0.15, 0.2) is 0 Å². The first-order valence-electron chi connectivity index (χ1n) is 6.66. The van der Waals surface area contributed by atoms with Crippen LogP contribution in [0.15, 0.2) is 0 Å². The van der Waals surface area contributed by atoms with Crippen molar-refractivity contribution >= 4 is 22.5 Å². The van der Waals surface area contributed by atoms with E-state index in [2.05, 4.69) is 22.4 Å². The fourth-order valence-corrected chi connectivity index (χ4v) is 2.85. The number of likely N-dealkylation sites (tertiary alicyclic amines) is 1. The van der Waals surface area contributed by atoms with E-state index >= 15 is 0 Å². The van der Waals surface area contributed by atoms with Crippen LogP contribution in [0.2, 0.25) is 0 Å². The molecule has 1 aliphatic heterocycles. The lowest BCUT2D eigenvalue weighted by Crippen LogP contribution is -2.47. The molecule has 7 heteroatoms. The molecule has 2 unspecified atom stereocenters. The Morgan fingerprint density at radius 1 is 1.58 bits per heavy atom. The van der Waals surface area contributed by atoms with Crippen LogP contribution in [0.3, 0.4) is 0 Å². The summed E-state index contributed by atoms with van der Waals surface area (Å²) < 4.78 is 0. The second-order valence-corrected chi connectivity index (χ2v) is 6.02. The minimum Gasteiger partial charge on any atom is -0.391 e.